The molecule has 0 saturated heterocycles. The van der Waals surface area contributed by atoms with Crippen molar-refractivity contribution >= 4 is 34.9 Å². The molecule has 2 aromatic heterocycles. The molecule has 29 heavy (non-hydrogen) atoms. The average molecular weight is 430 g/mol. The molecule has 150 valence electrons. The molecule has 0 atom stereocenters. The molecular formula is C21H20ClN3O3S. The minimum atomic E-state index is -0.227. The van der Waals surface area contributed by atoms with Gasteiger partial charge < -0.3 is 14.8 Å². The third-order valence-corrected chi connectivity index (χ3v) is 5.04. The number of carbonyl (C=O) groups is 1. The summed E-state index contributed by atoms with van der Waals surface area (Å²) < 4.78 is 10.8. The van der Waals surface area contributed by atoms with E-state index >= 15 is 0 Å². The first-order valence-electron chi connectivity index (χ1n) is 8.91. The van der Waals surface area contributed by atoms with Crippen molar-refractivity contribution in [2.45, 2.75) is 13.5 Å². The Balaban J connectivity index is 1.60. The number of methoxy groups -OCH3 is 1. The number of nitrogens with one attached hydrogen (secondary N) is 1. The Hall–Kier alpha value is -2.90. The van der Waals surface area contributed by atoms with Crippen molar-refractivity contribution in [2.75, 3.05) is 13.7 Å². The summed E-state index contributed by atoms with van der Waals surface area (Å²) in [5, 5.41) is 6.04. The van der Waals surface area contributed by atoms with Gasteiger partial charge in [0.1, 0.15) is 5.01 Å². The molecule has 3 aromatic rings. The van der Waals surface area contributed by atoms with Crippen LogP contribution in [0.3, 0.4) is 0 Å². The van der Waals surface area contributed by atoms with Crippen molar-refractivity contribution in [3.63, 3.8) is 0 Å². The van der Waals surface area contributed by atoms with E-state index in [9.17, 15) is 4.79 Å². The summed E-state index contributed by atoms with van der Waals surface area (Å²) in [6, 6.07) is 7.29. The lowest BCUT2D eigenvalue weighted by atomic mass is 10.2. The highest BCUT2D eigenvalue weighted by atomic mass is 35.5. The molecular weight excluding hydrogens is 410 g/mol. The second-order valence-electron chi connectivity index (χ2n) is 5.88. The van der Waals surface area contributed by atoms with Crippen molar-refractivity contribution in [3.8, 4) is 22.8 Å². The van der Waals surface area contributed by atoms with Crippen LogP contribution in [0.4, 0.5) is 0 Å². The number of ether oxygens (including phenoxy) is 2. The van der Waals surface area contributed by atoms with Gasteiger partial charge >= 0.3 is 0 Å². The molecule has 6 nitrogen and oxygen atoms in total. The van der Waals surface area contributed by atoms with Crippen LogP contribution in [0.1, 0.15) is 17.5 Å². The summed E-state index contributed by atoms with van der Waals surface area (Å²) in [5.74, 6) is 0.785. The monoisotopic (exact) mass is 429 g/mol. The molecule has 0 saturated carbocycles. The zero-order valence-corrected chi connectivity index (χ0v) is 17.6. The predicted molar refractivity (Wildman–Crippen MR) is 115 cm³/mol. The molecule has 0 aliphatic heterocycles. The van der Waals surface area contributed by atoms with Gasteiger partial charge in [0.05, 0.1) is 31.0 Å². The molecule has 1 aromatic carbocycles. The smallest absolute Gasteiger partial charge is 0.244 e. The fraction of sp³-hybridized carbons (Fsp3) is 0.190. The number of carbonyl (C=O) groups excluding carboxylic acids is 1. The van der Waals surface area contributed by atoms with Crippen molar-refractivity contribution in [3.05, 3.63) is 63.7 Å². The minimum Gasteiger partial charge on any atom is -0.493 e. The largest absolute Gasteiger partial charge is 0.493 e. The first kappa shape index (κ1) is 20.8. The highest BCUT2D eigenvalue weighted by Gasteiger charge is 2.11. The Morgan fingerprint density at radius 1 is 1.31 bits per heavy atom. The van der Waals surface area contributed by atoms with Gasteiger partial charge in [-0.3, -0.25) is 9.78 Å². The lowest BCUT2D eigenvalue weighted by molar-refractivity contribution is -0.116. The van der Waals surface area contributed by atoms with Crippen LogP contribution < -0.4 is 14.8 Å². The maximum atomic E-state index is 12.2. The van der Waals surface area contributed by atoms with Crippen LogP contribution in [0.5, 0.6) is 11.5 Å². The van der Waals surface area contributed by atoms with Gasteiger partial charge in [-0.1, -0.05) is 11.6 Å². The number of nitrogens with zero attached hydrogens (tertiary/aromatic N) is 2. The Bertz CT molecular complexity index is 1010. The number of rotatable bonds is 8. The minimum absolute atomic E-state index is 0.227. The summed E-state index contributed by atoms with van der Waals surface area (Å²) in [6.07, 6.45) is 6.57. The van der Waals surface area contributed by atoms with Gasteiger partial charge in [0.25, 0.3) is 0 Å². The molecule has 0 fully saturated rings. The van der Waals surface area contributed by atoms with Gasteiger partial charge in [0, 0.05) is 29.4 Å². The van der Waals surface area contributed by atoms with E-state index in [4.69, 9.17) is 21.1 Å². The second kappa shape index (κ2) is 10.0. The number of amides is 1. The Morgan fingerprint density at radius 2 is 2.10 bits per heavy atom. The standard InChI is InChI=1S/C21H20ClN3O3S/c1-3-28-21-16(22)10-14(11-18(21)27-2)4-5-19(26)24-12-20-25-17(13-29-20)15-6-8-23-9-7-15/h4-11,13H,3,12H2,1-2H3,(H,24,26)/b5-4+. The lowest BCUT2D eigenvalue weighted by Gasteiger charge is -2.11. The zero-order valence-electron chi connectivity index (χ0n) is 16.0. The fourth-order valence-corrected chi connectivity index (χ4v) is 3.58. The predicted octanol–water partition coefficient (Wildman–Crippen LogP) is 4.60. The summed E-state index contributed by atoms with van der Waals surface area (Å²) in [6.45, 7) is 2.70. The van der Waals surface area contributed by atoms with E-state index in [0.29, 0.717) is 29.7 Å². The molecule has 0 aliphatic rings. The topological polar surface area (TPSA) is 73.3 Å². The second-order valence-corrected chi connectivity index (χ2v) is 7.23. The van der Waals surface area contributed by atoms with Gasteiger partial charge in [-0.25, -0.2) is 4.98 Å². The Kier molecular flexibility index (Phi) is 7.21. The quantitative estimate of drug-likeness (QED) is 0.530. The number of halogens is 1. The van der Waals surface area contributed by atoms with E-state index in [1.165, 1.54) is 17.4 Å². The average Bonchev–Trinajstić information content (AvgIpc) is 3.22. The molecule has 1 amide bonds. The van der Waals surface area contributed by atoms with Gasteiger partial charge in [-0.15, -0.1) is 11.3 Å². The Morgan fingerprint density at radius 3 is 2.83 bits per heavy atom. The van der Waals surface area contributed by atoms with E-state index < -0.39 is 0 Å². The molecule has 0 aliphatic carbocycles. The molecule has 2 heterocycles. The van der Waals surface area contributed by atoms with Gasteiger partial charge in [-0.2, -0.15) is 0 Å². The maximum Gasteiger partial charge on any atom is 0.244 e. The summed E-state index contributed by atoms with van der Waals surface area (Å²) >= 11 is 7.75. The van der Waals surface area contributed by atoms with Crippen LogP contribution in [0.25, 0.3) is 17.3 Å². The molecule has 0 bridgehead atoms. The van der Waals surface area contributed by atoms with Crippen LogP contribution in [0.2, 0.25) is 5.02 Å². The fourth-order valence-electron chi connectivity index (χ4n) is 2.56. The normalized spacial score (nSPS) is 10.9. The lowest BCUT2D eigenvalue weighted by Crippen LogP contribution is -2.20. The highest BCUT2D eigenvalue weighted by molar-refractivity contribution is 7.09. The summed E-state index contributed by atoms with van der Waals surface area (Å²) in [5.41, 5.74) is 2.60. The summed E-state index contributed by atoms with van der Waals surface area (Å²) in [4.78, 5) is 20.7. The summed E-state index contributed by atoms with van der Waals surface area (Å²) in [7, 11) is 1.54. The number of hydrogen-bond donors (Lipinski definition) is 1. The van der Waals surface area contributed by atoms with E-state index in [0.717, 1.165) is 21.8 Å². The van der Waals surface area contributed by atoms with Crippen LogP contribution in [0.15, 0.2) is 48.1 Å². The number of pyridine rings is 1. The van der Waals surface area contributed by atoms with Crippen molar-refractivity contribution < 1.29 is 14.3 Å². The molecule has 3 rings (SSSR count). The van der Waals surface area contributed by atoms with Gasteiger partial charge in [-0.05, 0) is 42.8 Å². The van der Waals surface area contributed by atoms with Crippen LogP contribution in [0, 0.1) is 0 Å². The van der Waals surface area contributed by atoms with Crippen LogP contribution >= 0.6 is 22.9 Å². The van der Waals surface area contributed by atoms with Gasteiger partial charge in [0.2, 0.25) is 5.91 Å². The molecule has 0 radical (unpaired) electrons. The number of thiazole rings is 1. The van der Waals surface area contributed by atoms with Gasteiger partial charge in [0.15, 0.2) is 11.5 Å². The first-order valence-corrected chi connectivity index (χ1v) is 10.2. The third kappa shape index (κ3) is 5.56. The van der Waals surface area contributed by atoms with Crippen LogP contribution in [-0.2, 0) is 11.3 Å². The maximum absolute atomic E-state index is 12.2. The van der Waals surface area contributed by atoms with E-state index in [-0.39, 0.29) is 5.91 Å². The highest BCUT2D eigenvalue weighted by Crippen LogP contribution is 2.36. The molecule has 1 N–H and O–H groups in total. The zero-order chi connectivity index (χ0) is 20.6. The molecule has 8 heteroatoms. The first-order chi connectivity index (χ1) is 14.1. The van der Waals surface area contributed by atoms with E-state index in [1.807, 2.05) is 24.4 Å². The van der Waals surface area contributed by atoms with Crippen molar-refractivity contribution in [1.82, 2.24) is 15.3 Å². The van der Waals surface area contributed by atoms with Crippen LogP contribution in [-0.4, -0.2) is 29.6 Å². The molecule has 0 unspecified atom stereocenters. The number of hydrogen-bond acceptors (Lipinski definition) is 6. The Labute approximate surface area is 178 Å². The molecule has 0 spiro atoms. The van der Waals surface area contributed by atoms with Crippen molar-refractivity contribution in [2.24, 2.45) is 0 Å². The van der Waals surface area contributed by atoms with Crippen molar-refractivity contribution in [1.29, 1.82) is 0 Å². The van der Waals surface area contributed by atoms with E-state index in [1.54, 1.807) is 37.7 Å². The third-order valence-electron chi connectivity index (χ3n) is 3.91. The van der Waals surface area contributed by atoms with E-state index in [2.05, 4.69) is 15.3 Å². The number of benzene rings is 1. The number of aromatic nitrogens is 2. The SMILES string of the molecule is CCOc1c(Cl)cc(/C=C/C(=O)NCc2nc(-c3ccncc3)cs2)cc1OC.